The van der Waals surface area contributed by atoms with Crippen molar-refractivity contribution in [3.05, 3.63) is 72.1 Å². The lowest BCUT2D eigenvalue weighted by atomic mass is 10.2. The van der Waals surface area contributed by atoms with Gasteiger partial charge in [0, 0.05) is 29.7 Å². The summed E-state index contributed by atoms with van der Waals surface area (Å²) in [4.78, 5) is 18.9. The summed E-state index contributed by atoms with van der Waals surface area (Å²) >= 11 is 0. The van der Waals surface area contributed by atoms with Crippen LogP contribution in [0.5, 0.6) is 5.88 Å². The fourth-order valence-electron chi connectivity index (χ4n) is 3.11. The van der Waals surface area contributed by atoms with Gasteiger partial charge in [-0.3, -0.25) is 4.79 Å². The molecule has 3 aromatic rings. The minimum atomic E-state index is -0.192. The second-order valence-corrected chi connectivity index (χ2v) is 6.18. The largest absolute Gasteiger partial charge is 0.471 e. The van der Waals surface area contributed by atoms with Gasteiger partial charge < -0.3 is 18.6 Å². The Hall–Kier alpha value is -3.02. The number of hydrogen-bond donors (Lipinski definition) is 0. The van der Waals surface area contributed by atoms with Gasteiger partial charge in [-0.15, -0.1) is 0 Å². The normalized spacial score (nSPS) is 17.0. The highest BCUT2D eigenvalue weighted by atomic mass is 16.5. The van der Waals surface area contributed by atoms with E-state index in [0.29, 0.717) is 31.3 Å². The summed E-state index contributed by atoms with van der Waals surface area (Å²) in [6, 6.07) is 11.4. The van der Waals surface area contributed by atoms with Crippen LogP contribution >= 0.6 is 0 Å². The van der Waals surface area contributed by atoms with E-state index >= 15 is 0 Å². The van der Waals surface area contributed by atoms with Gasteiger partial charge in [0.25, 0.3) is 5.91 Å². The minimum Gasteiger partial charge on any atom is -0.471 e. The minimum absolute atomic E-state index is 0.119. The van der Waals surface area contributed by atoms with Gasteiger partial charge in [0.2, 0.25) is 5.88 Å². The molecular formula is C19H19N3O3. The Morgan fingerprint density at radius 2 is 2.16 bits per heavy atom. The summed E-state index contributed by atoms with van der Waals surface area (Å²) in [5.41, 5.74) is 1.91. The summed E-state index contributed by atoms with van der Waals surface area (Å²) in [5.74, 6) is 0.827. The van der Waals surface area contributed by atoms with Gasteiger partial charge in [-0.25, -0.2) is 4.98 Å². The molecule has 6 nitrogen and oxygen atoms in total. The lowest BCUT2D eigenvalue weighted by Crippen LogP contribution is -2.38. The maximum Gasteiger partial charge on any atom is 0.290 e. The first kappa shape index (κ1) is 15.5. The molecule has 4 heterocycles. The van der Waals surface area contributed by atoms with Crippen molar-refractivity contribution in [3.63, 3.8) is 0 Å². The molecule has 0 saturated heterocycles. The standard InChI is InChI=1S/C19H19N3O3/c1-14-7-10-24-18(14)19(23)22-11-15-5-4-9-21(15)12-16(13-22)25-17-6-2-3-8-20-17/h2-10,16H,11-13H2,1H3. The predicted molar refractivity (Wildman–Crippen MR) is 91.3 cm³/mol. The van der Waals surface area contributed by atoms with Crippen LogP contribution in [-0.4, -0.2) is 33.0 Å². The van der Waals surface area contributed by atoms with Crippen molar-refractivity contribution >= 4 is 5.91 Å². The number of hydrogen-bond acceptors (Lipinski definition) is 4. The third-order valence-electron chi connectivity index (χ3n) is 4.37. The number of fused-ring (bicyclic) bond motifs is 1. The van der Waals surface area contributed by atoms with Crippen LogP contribution in [0.3, 0.4) is 0 Å². The molecule has 0 radical (unpaired) electrons. The molecule has 1 unspecified atom stereocenters. The monoisotopic (exact) mass is 337 g/mol. The Bertz CT molecular complexity index is 869. The molecule has 0 spiro atoms. The van der Waals surface area contributed by atoms with E-state index in [-0.39, 0.29) is 12.0 Å². The lowest BCUT2D eigenvalue weighted by Gasteiger charge is -2.24. The van der Waals surface area contributed by atoms with Crippen LogP contribution < -0.4 is 4.74 Å². The number of rotatable bonds is 3. The number of nitrogens with zero attached hydrogens (tertiary/aromatic N) is 3. The highest BCUT2D eigenvalue weighted by Crippen LogP contribution is 2.20. The van der Waals surface area contributed by atoms with Crippen molar-refractivity contribution in [1.82, 2.24) is 14.5 Å². The van der Waals surface area contributed by atoms with Gasteiger partial charge in [0.15, 0.2) is 5.76 Å². The molecule has 3 aromatic heterocycles. The Balaban J connectivity index is 1.61. The van der Waals surface area contributed by atoms with Crippen LogP contribution in [0.2, 0.25) is 0 Å². The van der Waals surface area contributed by atoms with Gasteiger partial charge in [0.1, 0.15) is 6.10 Å². The van der Waals surface area contributed by atoms with E-state index in [1.54, 1.807) is 23.4 Å². The zero-order chi connectivity index (χ0) is 17.2. The molecule has 128 valence electrons. The summed E-state index contributed by atoms with van der Waals surface area (Å²) in [6.45, 7) is 3.53. The van der Waals surface area contributed by atoms with Gasteiger partial charge in [-0.05, 0) is 31.2 Å². The molecule has 0 aliphatic carbocycles. The van der Waals surface area contributed by atoms with Crippen molar-refractivity contribution in [2.75, 3.05) is 6.54 Å². The summed E-state index contributed by atoms with van der Waals surface area (Å²) in [6.07, 6.45) is 5.06. The van der Waals surface area contributed by atoms with E-state index < -0.39 is 0 Å². The fourth-order valence-corrected chi connectivity index (χ4v) is 3.11. The smallest absolute Gasteiger partial charge is 0.290 e. The van der Waals surface area contributed by atoms with Crippen LogP contribution in [-0.2, 0) is 13.1 Å². The molecule has 1 aliphatic rings. The zero-order valence-corrected chi connectivity index (χ0v) is 14.0. The van der Waals surface area contributed by atoms with E-state index in [0.717, 1.165) is 11.3 Å². The van der Waals surface area contributed by atoms with Crippen LogP contribution in [0.1, 0.15) is 21.8 Å². The van der Waals surface area contributed by atoms with Crippen molar-refractivity contribution in [1.29, 1.82) is 0 Å². The third-order valence-corrected chi connectivity index (χ3v) is 4.37. The SMILES string of the molecule is Cc1ccoc1C(=O)N1Cc2cccn2CC(Oc2ccccn2)C1. The van der Waals surface area contributed by atoms with Crippen LogP contribution in [0.25, 0.3) is 0 Å². The molecule has 25 heavy (non-hydrogen) atoms. The predicted octanol–water partition coefficient (Wildman–Crippen LogP) is 2.89. The topological polar surface area (TPSA) is 60.5 Å². The van der Waals surface area contributed by atoms with E-state index in [1.165, 1.54) is 0 Å². The average Bonchev–Trinajstić information content (AvgIpc) is 3.20. The number of carbonyl (C=O) groups is 1. The number of carbonyl (C=O) groups excluding carboxylic acids is 1. The second kappa shape index (κ2) is 6.47. The molecule has 1 aliphatic heterocycles. The van der Waals surface area contributed by atoms with Crippen molar-refractivity contribution in [2.24, 2.45) is 0 Å². The zero-order valence-electron chi connectivity index (χ0n) is 14.0. The Kier molecular flexibility index (Phi) is 4.01. The second-order valence-electron chi connectivity index (χ2n) is 6.18. The number of amides is 1. The molecule has 6 heteroatoms. The molecule has 0 N–H and O–H groups in total. The Morgan fingerprint density at radius 3 is 2.92 bits per heavy atom. The quantitative estimate of drug-likeness (QED) is 0.737. The maximum atomic E-state index is 12.9. The first-order valence-corrected chi connectivity index (χ1v) is 8.26. The van der Waals surface area contributed by atoms with Gasteiger partial charge >= 0.3 is 0 Å². The van der Waals surface area contributed by atoms with E-state index in [2.05, 4.69) is 9.55 Å². The summed E-state index contributed by atoms with van der Waals surface area (Å²) in [7, 11) is 0. The molecular weight excluding hydrogens is 318 g/mol. The van der Waals surface area contributed by atoms with Gasteiger partial charge in [-0.1, -0.05) is 6.07 Å². The first-order valence-electron chi connectivity index (χ1n) is 8.26. The van der Waals surface area contributed by atoms with Gasteiger partial charge in [-0.2, -0.15) is 0 Å². The highest BCUT2D eigenvalue weighted by molar-refractivity contribution is 5.92. The molecule has 0 aromatic carbocycles. The third kappa shape index (κ3) is 3.15. The Morgan fingerprint density at radius 1 is 1.24 bits per heavy atom. The summed E-state index contributed by atoms with van der Waals surface area (Å²) in [5, 5.41) is 0. The van der Waals surface area contributed by atoms with E-state index in [4.69, 9.17) is 9.15 Å². The summed E-state index contributed by atoms with van der Waals surface area (Å²) < 4.78 is 13.5. The molecule has 0 bridgehead atoms. The maximum absolute atomic E-state index is 12.9. The molecule has 0 fully saturated rings. The number of aryl methyl sites for hydroxylation is 1. The fraction of sp³-hybridized carbons (Fsp3) is 0.263. The molecule has 1 atom stereocenters. The number of ether oxygens (including phenoxy) is 1. The molecule has 4 rings (SSSR count). The van der Waals surface area contributed by atoms with Crippen LogP contribution in [0.4, 0.5) is 0 Å². The van der Waals surface area contributed by atoms with Crippen molar-refractivity contribution in [3.8, 4) is 5.88 Å². The van der Waals surface area contributed by atoms with Crippen molar-refractivity contribution in [2.45, 2.75) is 26.1 Å². The van der Waals surface area contributed by atoms with Crippen LogP contribution in [0, 0.1) is 6.92 Å². The number of pyridine rings is 1. The first-order chi connectivity index (χ1) is 12.2. The molecule has 0 saturated carbocycles. The number of furan rings is 1. The number of aromatic nitrogens is 2. The van der Waals surface area contributed by atoms with E-state index in [9.17, 15) is 4.79 Å². The highest BCUT2D eigenvalue weighted by Gasteiger charge is 2.29. The van der Waals surface area contributed by atoms with Crippen LogP contribution in [0.15, 0.2) is 59.5 Å². The Labute approximate surface area is 145 Å². The average molecular weight is 337 g/mol. The molecule has 1 amide bonds. The lowest BCUT2D eigenvalue weighted by molar-refractivity contribution is 0.0615. The van der Waals surface area contributed by atoms with Crippen molar-refractivity contribution < 1.29 is 13.9 Å². The van der Waals surface area contributed by atoms with Gasteiger partial charge in [0.05, 0.1) is 25.9 Å². The van der Waals surface area contributed by atoms with E-state index in [1.807, 2.05) is 43.5 Å².